The van der Waals surface area contributed by atoms with Gasteiger partial charge < -0.3 is 14.7 Å². The van der Waals surface area contributed by atoms with Gasteiger partial charge in [-0.3, -0.25) is 14.8 Å². The van der Waals surface area contributed by atoms with E-state index in [1.54, 1.807) is 12.1 Å². The number of hydrogen-bond acceptors (Lipinski definition) is 5. The Balaban J connectivity index is 1.20. The molecule has 0 bridgehead atoms. The van der Waals surface area contributed by atoms with E-state index in [9.17, 15) is 14.3 Å². The summed E-state index contributed by atoms with van der Waals surface area (Å²) >= 11 is 0. The van der Waals surface area contributed by atoms with Crippen LogP contribution < -0.4 is 4.74 Å². The molecule has 2 saturated heterocycles. The number of nitrogens with zero attached hydrogens (tertiary/aromatic N) is 3. The van der Waals surface area contributed by atoms with Gasteiger partial charge in [-0.1, -0.05) is 44.5 Å². The van der Waals surface area contributed by atoms with E-state index >= 15 is 0 Å². The molecule has 0 radical (unpaired) electrons. The fourth-order valence-corrected chi connectivity index (χ4v) is 6.93. The van der Waals surface area contributed by atoms with E-state index in [2.05, 4.69) is 38.2 Å². The van der Waals surface area contributed by atoms with Crippen molar-refractivity contribution in [2.24, 2.45) is 11.8 Å². The Bertz CT molecular complexity index is 1300. The largest absolute Gasteiger partial charge is 0.494 e. The summed E-state index contributed by atoms with van der Waals surface area (Å²) < 4.78 is 19.8. The van der Waals surface area contributed by atoms with Gasteiger partial charge in [-0.15, -0.1) is 0 Å². The standard InChI is InChI=1S/C34H45FN4O3/c1-4-23(3)33(34(40)41)39-21-27(31(22-39)26-7-6-8-28(35)18-26)20-38-15-13-25(14-16-38)32-19-29(36-37-32)17-24-9-11-30(12-10-24)42-5-2/h6-12,18-19,23,25,27,31,33H,4-5,13-17,20-22H2,1-3H3,(H,36,37)(H,40,41)/t23-,27-,31+,33+/m0/s1. The van der Waals surface area contributed by atoms with Crippen molar-refractivity contribution in [3.05, 3.63) is 82.9 Å². The van der Waals surface area contributed by atoms with Crippen LogP contribution >= 0.6 is 0 Å². The summed E-state index contributed by atoms with van der Waals surface area (Å²) in [5.41, 5.74) is 4.45. The molecule has 0 unspecified atom stereocenters. The minimum Gasteiger partial charge on any atom is -0.494 e. The van der Waals surface area contributed by atoms with Gasteiger partial charge in [0, 0.05) is 43.6 Å². The first-order chi connectivity index (χ1) is 20.3. The number of aliphatic carboxylic acids is 1. The Labute approximate surface area is 249 Å². The summed E-state index contributed by atoms with van der Waals surface area (Å²) in [7, 11) is 0. The molecular weight excluding hydrogens is 531 g/mol. The number of hydrogen-bond donors (Lipinski definition) is 2. The van der Waals surface area contributed by atoms with Gasteiger partial charge in [0.2, 0.25) is 0 Å². The van der Waals surface area contributed by atoms with Gasteiger partial charge in [0.15, 0.2) is 0 Å². The number of aromatic nitrogens is 2. The second-order valence-electron chi connectivity index (χ2n) is 12.2. The molecule has 0 amide bonds. The molecule has 1 aromatic heterocycles. The number of carbonyl (C=O) groups is 1. The van der Waals surface area contributed by atoms with Crippen LogP contribution in [0.1, 0.15) is 74.4 Å². The quantitative estimate of drug-likeness (QED) is 0.278. The molecule has 2 aliphatic heterocycles. The van der Waals surface area contributed by atoms with Crippen LogP contribution in [0, 0.1) is 17.7 Å². The van der Waals surface area contributed by atoms with Crippen LogP contribution in [0.3, 0.4) is 0 Å². The van der Waals surface area contributed by atoms with Crippen LogP contribution in [0.25, 0.3) is 0 Å². The molecule has 0 aliphatic carbocycles. The first-order valence-electron chi connectivity index (χ1n) is 15.5. The second kappa shape index (κ2) is 13.8. The van der Waals surface area contributed by atoms with E-state index in [1.165, 1.54) is 11.6 Å². The molecule has 2 aliphatic rings. The van der Waals surface area contributed by atoms with Crippen LogP contribution in [0.4, 0.5) is 4.39 Å². The predicted octanol–water partition coefficient (Wildman–Crippen LogP) is 5.93. The number of carboxylic acids is 1. The molecule has 2 fully saturated rings. The second-order valence-corrected chi connectivity index (χ2v) is 12.2. The summed E-state index contributed by atoms with van der Waals surface area (Å²) in [4.78, 5) is 16.9. The fraction of sp³-hybridized carbons (Fsp3) is 0.529. The lowest BCUT2D eigenvalue weighted by Crippen LogP contribution is -2.45. The summed E-state index contributed by atoms with van der Waals surface area (Å²) in [6.45, 7) is 10.9. The monoisotopic (exact) mass is 576 g/mol. The Morgan fingerprint density at radius 3 is 2.55 bits per heavy atom. The first kappa shape index (κ1) is 30.2. The number of carboxylic acid groups (broad SMARTS) is 1. The smallest absolute Gasteiger partial charge is 0.321 e. The Hall–Kier alpha value is -3.23. The number of halogens is 1. The predicted molar refractivity (Wildman–Crippen MR) is 163 cm³/mol. The molecule has 0 saturated carbocycles. The maximum absolute atomic E-state index is 14.2. The molecule has 5 rings (SSSR count). The lowest BCUT2D eigenvalue weighted by molar-refractivity contribution is -0.145. The van der Waals surface area contributed by atoms with Crippen molar-refractivity contribution < 1.29 is 19.0 Å². The molecule has 2 N–H and O–H groups in total. The Morgan fingerprint density at radius 1 is 1.12 bits per heavy atom. The topological polar surface area (TPSA) is 81.7 Å². The maximum atomic E-state index is 14.2. The third-order valence-corrected chi connectivity index (χ3v) is 9.35. The number of aromatic amines is 1. The zero-order chi connectivity index (χ0) is 29.6. The lowest BCUT2D eigenvalue weighted by Gasteiger charge is -2.34. The van der Waals surface area contributed by atoms with E-state index in [1.807, 2.05) is 39.0 Å². The Morgan fingerprint density at radius 2 is 1.88 bits per heavy atom. The summed E-state index contributed by atoms with van der Waals surface area (Å²) in [6.07, 6.45) is 3.70. The van der Waals surface area contributed by atoms with Gasteiger partial charge in [-0.05, 0) is 86.1 Å². The first-order valence-corrected chi connectivity index (χ1v) is 15.5. The van der Waals surface area contributed by atoms with E-state index in [0.29, 0.717) is 19.1 Å². The van der Waals surface area contributed by atoms with Crippen molar-refractivity contribution in [3.63, 3.8) is 0 Å². The molecule has 42 heavy (non-hydrogen) atoms. The average molecular weight is 577 g/mol. The number of piperidine rings is 1. The molecule has 8 heteroatoms. The van der Waals surface area contributed by atoms with Crippen LogP contribution in [-0.4, -0.2) is 76.4 Å². The van der Waals surface area contributed by atoms with Gasteiger partial charge in [0.25, 0.3) is 0 Å². The summed E-state index contributed by atoms with van der Waals surface area (Å²) in [6, 6.07) is 16.8. The number of benzene rings is 2. The molecule has 2 aromatic carbocycles. The van der Waals surface area contributed by atoms with Crippen LogP contribution in [0.15, 0.2) is 54.6 Å². The molecule has 226 valence electrons. The van der Waals surface area contributed by atoms with Crippen molar-refractivity contribution in [2.45, 2.75) is 64.3 Å². The minimum absolute atomic E-state index is 0.0540. The van der Waals surface area contributed by atoms with Crippen LogP contribution in [0.5, 0.6) is 5.75 Å². The molecule has 0 spiro atoms. The molecule has 7 nitrogen and oxygen atoms in total. The zero-order valence-electron chi connectivity index (χ0n) is 25.1. The lowest BCUT2D eigenvalue weighted by atomic mass is 9.87. The number of rotatable bonds is 12. The SMILES string of the molecule is CCOc1ccc(Cc2cc(C3CCN(C[C@H]4CN([C@@H](C(=O)O)[C@@H](C)CC)C[C@@H]4c4cccc(F)c4)CC3)n[nH]2)cc1. The van der Waals surface area contributed by atoms with Crippen molar-refractivity contribution in [2.75, 3.05) is 39.3 Å². The minimum atomic E-state index is -0.760. The highest BCUT2D eigenvalue weighted by atomic mass is 19.1. The third-order valence-electron chi connectivity index (χ3n) is 9.35. The highest BCUT2D eigenvalue weighted by Crippen LogP contribution is 2.37. The fourth-order valence-electron chi connectivity index (χ4n) is 6.93. The maximum Gasteiger partial charge on any atom is 0.321 e. The van der Waals surface area contributed by atoms with Crippen molar-refractivity contribution in [1.29, 1.82) is 0 Å². The van der Waals surface area contributed by atoms with Gasteiger partial charge in [-0.2, -0.15) is 5.10 Å². The van der Waals surface area contributed by atoms with Crippen molar-refractivity contribution in [1.82, 2.24) is 20.0 Å². The Kier molecular flexibility index (Phi) is 9.95. The number of ether oxygens (including phenoxy) is 1. The van der Waals surface area contributed by atoms with E-state index < -0.39 is 12.0 Å². The number of H-pyrrole nitrogens is 1. The van der Waals surface area contributed by atoms with Gasteiger partial charge >= 0.3 is 5.97 Å². The highest BCUT2D eigenvalue weighted by Gasteiger charge is 2.42. The normalized spacial score (nSPS) is 21.8. The van der Waals surface area contributed by atoms with Crippen molar-refractivity contribution >= 4 is 5.97 Å². The van der Waals surface area contributed by atoms with Gasteiger partial charge in [0.05, 0.1) is 12.3 Å². The van der Waals surface area contributed by atoms with E-state index in [0.717, 1.165) is 74.6 Å². The third kappa shape index (κ3) is 7.21. The van der Waals surface area contributed by atoms with Gasteiger partial charge in [0.1, 0.15) is 17.6 Å². The summed E-state index contributed by atoms with van der Waals surface area (Å²) in [5.74, 6) is 0.739. The summed E-state index contributed by atoms with van der Waals surface area (Å²) in [5, 5.41) is 18.0. The van der Waals surface area contributed by atoms with E-state index in [4.69, 9.17) is 4.74 Å². The van der Waals surface area contributed by atoms with Crippen LogP contribution in [-0.2, 0) is 11.2 Å². The van der Waals surface area contributed by atoms with Crippen molar-refractivity contribution in [3.8, 4) is 5.75 Å². The molecule has 4 atom stereocenters. The van der Waals surface area contributed by atoms with E-state index in [-0.39, 0.29) is 23.6 Å². The highest BCUT2D eigenvalue weighted by molar-refractivity contribution is 5.74. The average Bonchev–Trinajstić information content (AvgIpc) is 3.62. The number of nitrogens with one attached hydrogen (secondary N) is 1. The van der Waals surface area contributed by atoms with Crippen LogP contribution in [0.2, 0.25) is 0 Å². The zero-order valence-corrected chi connectivity index (χ0v) is 25.1. The molecular formula is C34H45FN4O3. The van der Waals surface area contributed by atoms with Gasteiger partial charge in [-0.25, -0.2) is 4.39 Å². The number of likely N-dealkylation sites (tertiary alicyclic amines) is 2. The molecule has 3 heterocycles. The molecule has 3 aromatic rings.